The van der Waals surface area contributed by atoms with Gasteiger partial charge in [-0.25, -0.2) is 15.0 Å². The average molecular weight is 231 g/mol. The Kier molecular flexibility index (Phi) is 2.28. The van der Waals surface area contributed by atoms with Gasteiger partial charge in [0.05, 0.1) is 6.33 Å². The van der Waals surface area contributed by atoms with Crippen LogP contribution in [0.4, 0.5) is 5.82 Å². The van der Waals surface area contributed by atoms with E-state index in [1.54, 1.807) is 12.7 Å². The minimum Gasteiger partial charge on any atom is -0.354 e. The second-order valence-corrected chi connectivity index (χ2v) is 5.49. The fourth-order valence-electron chi connectivity index (χ4n) is 2.60. The lowest BCUT2D eigenvalue weighted by Gasteiger charge is -2.38. The Hall–Kier alpha value is -1.65. The standard InChI is InChI=1S/C12H17N5/c1-12(2)4-3-5-17(6-12)11-9-10(14-7-13-9)15-8-16-11/h7-8H,3-6H2,1-2H3,(H,13,14,15,16). The van der Waals surface area contributed by atoms with Gasteiger partial charge in [0.25, 0.3) is 0 Å². The summed E-state index contributed by atoms with van der Waals surface area (Å²) in [5, 5.41) is 0. The van der Waals surface area contributed by atoms with E-state index in [1.807, 2.05) is 0 Å². The number of H-pyrrole nitrogens is 1. The van der Waals surface area contributed by atoms with Gasteiger partial charge in [0.2, 0.25) is 0 Å². The summed E-state index contributed by atoms with van der Waals surface area (Å²) in [6.07, 6.45) is 5.77. The van der Waals surface area contributed by atoms with E-state index in [4.69, 9.17) is 0 Å². The molecular formula is C12H17N5. The predicted octanol–water partition coefficient (Wildman–Crippen LogP) is 1.98. The van der Waals surface area contributed by atoms with Crippen molar-refractivity contribution in [3.63, 3.8) is 0 Å². The first-order valence-electron chi connectivity index (χ1n) is 6.05. The number of hydrogen-bond acceptors (Lipinski definition) is 4. The van der Waals surface area contributed by atoms with Crippen molar-refractivity contribution in [3.05, 3.63) is 12.7 Å². The summed E-state index contributed by atoms with van der Waals surface area (Å²) in [5.74, 6) is 0.986. The van der Waals surface area contributed by atoms with E-state index < -0.39 is 0 Å². The molecule has 0 unspecified atom stereocenters. The topological polar surface area (TPSA) is 57.7 Å². The van der Waals surface area contributed by atoms with Gasteiger partial charge < -0.3 is 9.88 Å². The monoisotopic (exact) mass is 231 g/mol. The number of aromatic amines is 1. The predicted molar refractivity (Wildman–Crippen MR) is 66.9 cm³/mol. The maximum atomic E-state index is 4.41. The van der Waals surface area contributed by atoms with E-state index in [2.05, 4.69) is 38.7 Å². The Morgan fingerprint density at radius 1 is 1.29 bits per heavy atom. The molecule has 1 N–H and O–H groups in total. The van der Waals surface area contributed by atoms with Gasteiger partial charge in [-0.2, -0.15) is 0 Å². The molecule has 5 heteroatoms. The number of aromatic nitrogens is 4. The summed E-state index contributed by atoms with van der Waals surface area (Å²) < 4.78 is 0. The van der Waals surface area contributed by atoms with Crippen molar-refractivity contribution >= 4 is 17.0 Å². The van der Waals surface area contributed by atoms with Crippen molar-refractivity contribution in [2.75, 3.05) is 18.0 Å². The summed E-state index contributed by atoms with van der Waals surface area (Å²) in [5.41, 5.74) is 2.05. The Morgan fingerprint density at radius 3 is 3.00 bits per heavy atom. The Labute approximate surface area is 100 Å². The van der Waals surface area contributed by atoms with Crippen LogP contribution in [-0.4, -0.2) is 33.0 Å². The van der Waals surface area contributed by atoms with E-state index in [-0.39, 0.29) is 0 Å². The van der Waals surface area contributed by atoms with Gasteiger partial charge >= 0.3 is 0 Å². The van der Waals surface area contributed by atoms with E-state index in [0.29, 0.717) is 5.41 Å². The van der Waals surface area contributed by atoms with Crippen LogP contribution in [0, 0.1) is 5.41 Å². The van der Waals surface area contributed by atoms with Gasteiger partial charge in [0.1, 0.15) is 11.8 Å². The van der Waals surface area contributed by atoms with Crippen LogP contribution in [0.1, 0.15) is 26.7 Å². The largest absolute Gasteiger partial charge is 0.354 e. The molecule has 0 bridgehead atoms. The molecule has 90 valence electrons. The molecule has 1 aliphatic heterocycles. The Morgan fingerprint density at radius 2 is 2.18 bits per heavy atom. The summed E-state index contributed by atoms with van der Waals surface area (Å²) >= 11 is 0. The maximum Gasteiger partial charge on any atom is 0.182 e. The zero-order valence-electron chi connectivity index (χ0n) is 10.3. The van der Waals surface area contributed by atoms with Crippen LogP contribution in [0.2, 0.25) is 0 Å². The summed E-state index contributed by atoms with van der Waals surface area (Å²) in [6, 6.07) is 0. The third kappa shape index (κ3) is 1.85. The Balaban J connectivity index is 2.00. The molecular weight excluding hydrogens is 214 g/mol. The minimum absolute atomic E-state index is 0.357. The molecule has 3 rings (SSSR count). The summed E-state index contributed by atoms with van der Waals surface area (Å²) in [7, 11) is 0. The highest BCUT2D eigenvalue weighted by Crippen LogP contribution is 2.32. The minimum atomic E-state index is 0.357. The molecule has 0 atom stereocenters. The van der Waals surface area contributed by atoms with E-state index in [0.717, 1.165) is 30.1 Å². The molecule has 0 aromatic carbocycles. The van der Waals surface area contributed by atoms with Crippen LogP contribution in [0.15, 0.2) is 12.7 Å². The van der Waals surface area contributed by atoms with Gasteiger partial charge in [-0.3, -0.25) is 0 Å². The number of hydrogen-bond donors (Lipinski definition) is 1. The highest BCUT2D eigenvalue weighted by molar-refractivity contribution is 5.82. The van der Waals surface area contributed by atoms with Crippen molar-refractivity contribution < 1.29 is 0 Å². The second-order valence-electron chi connectivity index (χ2n) is 5.49. The van der Waals surface area contributed by atoms with Crippen LogP contribution in [-0.2, 0) is 0 Å². The smallest absolute Gasteiger partial charge is 0.182 e. The number of fused-ring (bicyclic) bond motifs is 1. The quantitative estimate of drug-likeness (QED) is 0.815. The van der Waals surface area contributed by atoms with Gasteiger partial charge in [0, 0.05) is 13.1 Å². The fourth-order valence-corrected chi connectivity index (χ4v) is 2.60. The van der Waals surface area contributed by atoms with E-state index in [1.165, 1.54) is 12.8 Å². The zero-order valence-corrected chi connectivity index (χ0v) is 10.3. The average Bonchev–Trinajstić information content (AvgIpc) is 2.75. The molecule has 0 aliphatic carbocycles. The number of nitrogens with one attached hydrogen (secondary N) is 1. The van der Waals surface area contributed by atoms with Gasteiger partial charge in [0.15, 0.2) is 11.5 Å². The van der Waals surface area contributed by atoms with E-state index in [9.17, 15) is 0 Å². The molecule has 5 nitrogen and oxygen atoms in total. The van der Waals surface area contributed by atoms with Crippen LogP contribution >= 0.6 is 0 Å². The number of rotatable bonds is 1. The number of anilines is 1. The summed E-state index contributed by atoms with van der Waals surface area (Å²) in [6.45, 7) is 6.72. The van der Waals surface area contributed by atoms with E-state index >= 15 is 0 Å². The first-order chi connectivity index (χ1) is 8.16. The zero-order chi connectivity index (χ0) is 11.9. The molecule has 17 heavy (non-hydrogen) atoms. The number of nitrogens with zero attached hydrogens (tertiary/aromatic N) is 4. The van der Waals surface area contributed by atoms with Crippen LogP contribution in [0.5, 0.6) is 0 Å². The molecule has 3 heterocycles. The van der Waals surface area contributed by atoms with Crippen LogP contribution < -0.4 is 4.90 Å². The van der Waals surface area contributed by atoms with Crippen molar-refractivity contribution in [1.82, 2.24) is 19.9 Å². The summed E-state index contributed by atoms with van der Waals surface area (Å²) in [4.78, 5) is 18.2. The molecule has 1 fully saturated rings. The molecule has 0 radical (unpaired) electrons. The lowest BCUT2D eigenvalue weighted by molar-refractivity contribution is 0.292. The van der Waals surface area contributed by atoms with Gasteiger partial charge in [-0.15, -0.1) is 0 Å². The Bertz CT molecular complexity index is 530. The lowest BCUT2D eigenvalue weighted by atomic mass is 9.84. The first kappa shape index (κ1) is 10.5. The molecule has 1 saturated heterocycles. The molecule has 0 amide bonds. The van der Waals surface area contributed by atoms with Gasteiger partial charge in [-0.1, -0.05) is 13.8 Å². The number of imidazole rings is 1. The highest BCUT2D eigenvalue weighted by atomic mass is 15.2. The maximum absolute atomic E-state index is 4.41. The molecule has 2 aromatic heterocycles. The molecule has 1 aliphatic rings. The normalized spacial score (nSPS) is 19.8. The SMILES string of the molecule is CC1(C)CCCN(c2ncnc3nc[nH]c23)C1. The van der Waals surface area contributed by atoms with Crippen molar-refractivity contribution in [2.24, 2.45) is 5.41 Å². The van der Waals surface area contributed by atoms with Gasteiger partial charge in [-0.05, 0) is 18.3 Å². The number of piperidine rings is 1. The third-order valence-electron chi connectivity index (χ3n) is 3.40. The first-order valence-corrected chi connectivity index (χ1v) is 6.05. The molecule has 0 saturated carbocycles. The highest BCUT2D eigenvalue weighted by Gasteiger charge is 2.28. The molecule has 0 spiro atoms. The second kappa shape index (κ2) is 3.68. The van der Waals surface area contributed by atoms with Crippen molar-refractivity contribution in [3.8, 4) is 0 Å². The van der Waals surface area contributed by atoms with Crippen LogP contribution in [0.3, 0.4) is 0 Å². The van der Waals surface area contributed by atoms with Crippen molar-refractivity contribution in [2.45, 2.75) is 26.7 Å². The molecule has 2 aromatic rings. The third-order valence-corrected chi connectivity index (χ3v) is 3.40. The fraction of sp³-hybridized carbons (Fsp3) is 0.583. The van der Waals surface area contributed by atoms with Crippen LogP contribution in [0.25, 0.3) is 11.2 Å². The van der Waals surface area contributed by atoms with Crippen molar-refractivity contribution in [1.29, 1.82) is 0 Å². The lowest BCUT2D eigenvalue weighted by Crippen LogP contribution is -2.40.